The number of rotatable bonds is 4. The van der Waals surface area contributed by atoms with Gasteiger partial charge < -0.3 is 5.32 Å². The normalized spacial score (nSPS) is 10.7. The Hall–Kier alpha value is -2.90. The molecule has 134 valence electrons. The van der Waals surface area contributed by atoms with Crippen LogP contribution in [0.4, 0.5) is 9.39 Å². The van der Waals surface area contributed by atoms with Gasteiger partial charge in [-0.3, -0.25) is 9.78 Å². The molecule has 1 aromatic carbocycles. The van der Waals surface area contributed by atoms with Crippen LogP contribution in [-0.4, -0.2) is 15.9 Å². The van der Waals surface area contributed by atoms with Crippen LogP contribution < -0.4 is 5.32 Å². The molecule has 3 aromatic heterocycles. The van der Waals surface area contributed by atoms with Crippen molar-refractivity contribution >= 4 is 33.6 Å². The van der Waals surface area contributed by atoms with Gasteiger partial charge in [0, 0.05) is 16.5 Å². The Bertz CT molecular complexity index is 1090. The number of halogens is 1. The highest BCUT2D eigenvalue weighted by atomic mass is 32.1. The van der Waals surface area contributed by atoms with E-state index in [9.17, 15) is 9.18 Å². The Kier molecular flexibility index (Phi) is 4.79. The fraction of sp³-hybridized carbons (Fsp3) is 0.0500. The van der Waals surface area contributed by atoms with Crippen molar-refractivity contribution in [3.05, 3.63) is 75.8 Å². The largest absolute Gasteiger partial charge is 0.312 e. The van der Waals surface area contributed by atoms with Crippen molar-refractivity contribution in [1.82, 2.24) is 9.97 Å². The summed E-state index contributed by atoms with van der Waals surface area (Å²) in [5.74, 6) is -0.559. The van der Waals surface area contributed by atoms with E-state index >= 15 is 0 Å². The highest BCUT2D eigenvalue weighted by molar-refractivity contribution is 7.14. The summed E-state index contributed by atoms with van der Waals surface area (Å²) in [6.45, 7) is 1.82. The number of anilines is 1. The molecular formula is C20H14FN3OS2. The predicted molar refractivity (Wildman–Crippen MR) is 108 cm³/mol. The summed E-state index contributed by atoms with van der Waals surface area (Å²) in [5.41, 5.74) is 6.06. The van der Waals surface area contributed by atoms with Crippen LogP contribution in [0.15, 0.2) is 58.7 Å². The first kappa shape index (κ1) is 17.5. The summed E-state index contributed by atoms with van der Waals surface area (Å²) in [7, 11) is 0. The summed E-state index contributed by atoms with van der Waals surface area (Å²) < 4.78 is 13.1. The van der Waals surface area contributed by atoms with Gasteiger partial charge in [-0.05, 0) is 54.8 Å². The zero-order valence-electron chi connectivity index (χ0n) is 14.3. The van der Waals surface area contributed by atoms with Gasteiger partial charge in [0.25, 0.3) is 5.91 Å². The first-order valence-corrected chi connectivity index (χ1v) is 9.95. The molecule has 0 saturated carbocycles. The molecule has 4 rings (SSSR count). The zero-order valence-corrected chi connectivity index (χ0v) is 15.9. The lowest BCUT2D eigenvalue weighted by Gasteiger charge is -2.09. The van der Waals surface area contributed by atoms with Crippen molar-refractivity contribution in [2.24, 2.45) is 0 Å². The average Bonchev–Trinajstić information content (AvgIpc) is 3.34. The van der Waals surface area contributed by atoms with E-state index in [-0.39, 0.29) is 11.7 Å². The summed E-state index contributed by atoms with van der Waals surface area (Å²) in [5, 5.41) is 7.53. The molecule has 0 bridgehead atoms. The minimum absolute atomic E-state index is 0.246. The lowest BCUT2D eigenvalue weighted by molar-refractivity contribution is 0.102. The van der Waals surface area contributed by atoms with Crippen LogP contribution in [0.25, 0.3) is 22.5 Å². The topological polar surface area (TPSA) is 54.9 Å². The second-order valence-electron chi connectivity index (χ2n) is 5.83. The lowest BCUT2D eigenvalue weighted by Crippen LogP contribution is -2.14. The number of thiophene rings is 1. The molecule has 7 heteroatoms. The van der Waals surface area contributed by atoms with Crippen LogP contribution in [0.2, 0.25) is 0 Å². The third kappa shape index (κ3) is 3.65. The van der Waals surface area contributed by atoms with Crippen molar-refractivity contribution in [2.45, 2.75) is 6.92 Å². The molecule has 0 saturated heterocycles. The van der Waals surface area contributed by atoms with Gasteiger partial charge in [-0.25, -0.2) is 9.37 Å². The molecule has 1 N–H and O–H groups in total. The molecule has 0 aliphatic heterocycles. The fourth-order valence-electron chi connectivity index (χ4n) is 2.69. The first-order chi connectivity index (χ1) is 13.1. The number of aromatic nitrogens is 2. The van der Waals surface area contributed by atoms with E-state index in [0.717, 1.165) is 16.8 Å². The molecule has 0 aliphatic rings. The molecule has 0 spiro atoms. The monoisotopic (exact) mass is 395 g/mol. The molecule has 27 heavy (non-hydrogen) atoms. The number of nitrogens with zero attached hydrogens (tertiary/aromatic N) is 2. The van der Waals surface area contributed by atoms with E-state index < -0.39 is 0 Å². The molecule has 1 amide bonds. The van der Waals surface area contributed by atoms with E-state index in [1.165, 1.54) is 23.5 Å². The maximum absolute atomic E-state index is 13.1. The first-order valence-electron chi connectivity index (χ1n) is 8.13. The van der Waals surface area contributed by atoms with Gasteiger partial charge in [0.2, 0.25) is 0 Å². The van der Waals surface area contributed by atoms with Gasteiger partial charge in [0.05, 0.1) is 22.5 Å². The number of carbonyl (C=O) groups excluding carboxylic acids is 1. The number of carbonyl (C=O) groups is 1. The molecule has 3 heterocycles. The van der Waals surface area contributed by atoms with Crippen molar-refractivity contribution in [2.75, 3.05) is 5.32 Å². The summed E-state index contributed by atoms with van der Waals surface area (Å²) >= 11 is 2.93. The molecule has 4 nitrogen and oxygen atoms in total. The second kappa shape index (κ2) is 7.38. The number of aryl methyl sites for hydroxylation is 1. The number of hydrogen-bond donors (Lipinski definition) is 1. The third-order valence-electron chi connectivity index (χ3n) is 4.06. The quantitative estimate of drug-likeness (QED) is 0.487. The van der Waals surface area contributed by atoms with Crippen LogP contribution >= 0.6 is 22.7 Å². The van der Waals surface area contributed by atoms with Crippen LogP contribution in [-0.2, 0) is 0 Å². The highest BCUT2D eigenvalue weighted by Crippen LogP contribution is 2.31. The molecule has 4 aromatic rings. The molecule has 0 unspecified atom stereocenters. The Morgan fingerprint density at radius 2 is 1.89 bits per heavy atom. The van der Waals surface area contributed by atoms with E-state index in [2.05, 4.69) is 15.3 Å². The Balaban J connectivity index is 1.58. The molecule has 0 atom stereocenters. The predicted octanol–water partition coefficient (Wildman–Crippen LogP) is 5.63. The van der Waals surface area contributed by atoms with Gasteiger partial charge >= 0.3 is 0 Å². The van der Waals surface area contributed by atoms with Gasteiger partial charge in [-0.2, -0.15) is 11.3 Å². The second-order valence-corrected chi connectivity index (χ2v) is 7.47. The zero-order chi connectivity index (χ0) is 18.8. The summed E-state index contributed by atoms with van der Waals surface area (Å²) in [4.78, 5) is 21.6. The van der Waals surface area contributed by atoms with E-state index in [1.807, 2.05) is 29.8 Å². The van der Waals surface area contributed by atoms with Crippen molar-refractivity contribution in [3.63, 3.8) is 0 Å². The lowest BCUT2D eigenvalue weighted by atomic mass is 10.1. The van der Waals surface area contributed by atoms with Crippen LogP contribution in [0, 0.1) is 12.7 Å². The maximum Gasteiger partial charge on any atom is 0.258 e. The average molecular weight is 395 g/mol. The van der Waals surface area contributed by atoms with Crippen LogP contribution in [0.3, 0.4) is 0 Å². The number of amides is 1. The van der Waals surface area contributed by atoms with E-state index in [4.69, 9.17) is 0 Å². The van der Waals surface area contributed by atoms with Gasteiger partial charge in [0.15, 0.2) is 0 Å². The number of pyridine rings is 1. The molecular weight excluding hydrogens is 381 g/mol. The van der Waals surface area contributed by atoms with E-state index in [1.54, 1.807) is 35.0 Å². The Morgan fingerprint density at radius 3 is 2.59 bits per heavy atom. The fourth-order valence-corrected chi connectivity index (χ4v) is 4.04. The van der Waals surface area contributed by atoms with Crippen LogP contribution in [0.5, 0.6) is 0 Å². The van der Waals surface area contributed by atoms with Crippen molar-refractivity contribution in [1.29, 1.82) is 0 Å². The van der Waals surface area contributed by atoms with Crippen LogP contribution in [0.1, 0.15) is 16.1 Å². The Labute approximate surface area is 163 Å². The SMILES string of the molecule is Cc1nc(-c2ccsc2)ccc1C(=O)Nc1scnc1-c1ccc(F)cc1. The number of nitrogens with one attached hydrogen (secondary N) is 1. The minimum atomic E-state index is -0.313. The standard InChI is InChI=1S/C20H14FN3OS2/c1-12-16(6-7-17(23-12)14-8-9-26-10-14)19(25)24-20-18(22-11-27-20)13-2-4-15(21)5-3-13/h2-11H,1H3,(H,24,25). The van der Waals surface area contributed by atoms with Crippen molar-refractivity contribution < 1.29 is 9.18 Å². The third-order valence-corrected chi connectivity index (χ3v) is 5.48. The van der Waals surface area contributed by atoms with Crippen molar-refractivity contribution in [3.8, 4) is 22.5 Å². The number of hydrogen-bond acceptors (Lipinski definition) is 5. The summed E-state index contributed by atoms with van der Waals surface area (Å²) in [6, 6.07) is 11.7. The van der Waals surface area contributed by atoms with Gasteiger partial charge in [-0.15, -0.1) is 11.3 Å². The molecule has 0 fully saturated rings. The van der Waals surface area contributed by atoms with Gasteiger partial charge in [-0.1, -0.05) is 0 Å². The number of benzene rings is 1. The summed E-state index contributed by atoms with van der Waals surface area (Å²) in [6.07, 6.45) is 0. The Morgan fingerprint density at radius 1 is 1.07 bits per heavy atom. The van der Waals surface area contributed by atoms with Gasteiger partial charge in [0.1, 0.15) is 16.5 Å². The highest BCUT2D eigenvalue weighted by Gasteiger charge is 2.16. The molecule has 0 aliphatic carbocycles. The smallest absolute Gasteiger partial charge is 0.258 e. The number of thiazole rings is 1. The van der Waals surface area contributed by atoms with E-state index in [0.29, 0.717) is 22.0 Å². The molecule has 0 radical (unpaired) electrons. The minimum Gasteiger partial charge on any atom is -0.312 e. The maximum atomic E-state index is 13.1.